The van der Waals surface area contributed by atoms with Crippen molar-refractivity contribution in [1.29, 1.82) is 0 Å². The Kier molecular flexibility index (Phi) is 13.6. The number of rotatable bonds is 13. The Labute approximate surface area is 294 Å². The van der Waals surface area contributed by atoms with Gasteiger partial charge in [0, 0.05) is 30.5 Å². The SMILES string of the molecule is CC(=O)N1C[C@@H]2C[C@H]1C(=O)N1[C@@H](CC[C@H]1C(=O)N[C@@H](C)C(=O)N[C@@H](C)C(=O)N[C@@H](C)C(=O)N[C@@H](C)C(=O)N[C@@H](C)C(=O)N[C@@H](C)C(=O)O)CS2. The first kappa shape index (κ1) is 40.0. The first-order valence-electron chi connectivity index (χ1n) is 16.6. The van der Waals surface area contributed by atoms with Crippen molar-refractivity contribution in [2.45, 2.75) is 127 Å². The van der Waals surface area contributed by atoms with E-state index in [0.29, 0.717) is 31.6 Å². The van der Waals surface area contributed by atoms with Crippen molar-refractivity contribution in [2.24, 2.45) is 0 Å². The number of hydrogen-bond acceptors (Lipinski definition) is 10. The lowest BCUT2D eigenvalue weighted by Gasteiger charge is -2.35. The molecule has 0 aliphatic carbocycles. The zero-order valence-corrected chi connectivity index (χ0v) is 30.0. The molecule has 2 bridgehead atoms. The second kappa shape index (κ2) is 17.0. The Hall–Kier alpha value is -4.42. The normalized spacial score (nSPS) is 24.8. The van der Waals surface area contributed by atoms with Crippen molar-refractivity contribution in [3.8, 4) is 0 Å². The molecule has 8 amide bonds. The van der Waals surface area contributed by atoms with Gasteiger partial charge in [-0.15, -0.1) is 0 Å². The lowest BCUT2D eigenvalue weighted by Crippen LogP contribution is -2.59. The summed E-state index contributed by atoms with van der Waals surface area (Å²) in [6.07, 6.45) is 1.56. The molecule has 3 saturated heterocycles. The molecule has 50 heavy (non-hydrogen) atoms. The molecule has 0 radical (unpaired) electrons. The van der Waals surface area contributed by atoms with Crippen LogP contribution >= 0.6 is 11.8 Å². The van der Waals surface area contributed by atoms with Crippen LogP contribution in [-0.2, 0) is 43.2 Å². The minimum Gasteiger partial charge on any atom is -0.480 e. The molecule has 3 fully saturated rings. The van der Waals surface area contributed by atoms with Crippen molar-refractivity contribution < 1.29 is 48.3 Å². The second-order valence-corrected chi connectivity index (χ2v) is 14.4. The van der Waals surface area contributed by atoms with Gasteiger partial charge in [0.05, 0.1) is 0 Å². The van der Waals surface area contributed by atoms with Gasteiger partial charge in [0.15, 0.2) is 0 Å². The molecule has 0 unspecified atom stereocenters. The summed E-state index contributed by atoms with van der Waals surface area (Å²) in [5.74, 6) is -5.16. The Morgan fingerprint density at radius 1 is 0.680 bits per heavy atom. The highest BCUT2D eigenvalue weighted by molar-refractivity contribution is 8.00. The highest BCUT2D eigenvalue weighted by Gasteiger charge is 2.50. The van der Waals surface area contributed by atoms with Gasteiger partial charge >= 0.3 is 5.97 Å². The van der Waals surface area contributed by atoms with Crippen LogP contribution in [0.5, 0.6) is 0 Å². The predicted molar refractivity (Wildman–Crippen MR) is 179 cm³/mol. The van der Waals surface area contributed by atoms with E-state index in [1.165, 1.54) is 48.5 Å². The number of carboxylic acid groups (broad SMARTS) is 1. The van der Waals surface area contributed by atoms with Crippen LogP contribution in [0.15, 0.2) is 0 Å². The molecular weight excluding hydrogens is 676 g/mol. The number of hydrogen-bond donors (Lipinski definition) is 7. The molecule has 19 heteroatoms. The number of likely N-dealkylation sites (tertiary alicyclic amines) is 1. The number of thioether (sulfide) groups is 1. The predicted octanol–water partition coefficient (Wildman–Crippen LogP) is -2.80. The van der Waals surface area contributed by atoms with Gasteiger partial charge in [-0.2, -0.15) is 11.8 Å². The minimum atomic E-state index is -1.25. The zero-order chi connectivity index (χ0) is 37.6. The van der Waals surface area contributed by atoms with E-state index in [4.69, 9.17) is 5.11 Å². The Morgan fingerprint density at radius 3 is 1.52 bits per heavy atom. The van der Waals surface area contributed by atoms with Crippen LogP contribution in [0.2, 0.25) is 0 Å². The van der Waals surface area contributed by atoms with Gasteiger partial charge in [-0.25, -0.2) is 0 Å². The second-order valence-electron chi connectivity index (χ2n) is 13.1. The number of amides is 8. The largest absolute Gasteiger partial charge is 0.480 e. The van der Waals surface area contributed by atoms with E-state index in [1.54, 1.807) is 21.6 Å². The molecular formula is C31H48N8O10S. The van der Waals surface area contributed by atoms with E-state index < -0.39 is 89.7 Å². The van der Waals surface area contributed by atoms with Crippen LogP contribution in [0, 0.1) is 0 Å². The Balaban J connectivity index is 1.47. The first-order chi connectivity index (χ1) is 23.3. The summed E-state index contributed by atoms with van der Waals surface area (Å²) in [5.41, 5.74) is 0. The van der Waals surface area contributed by atoms with Crippen molar-refractivity contribution in [3.63, 3.8) is 0 Å². The van der Waals surface area contributed by atoms with E-state index in [2.05, 4.69) is 31.9 Å². The maximum absolute atomic E-state index is 13.6. The molecule has 10 atom stereocenters. The lowest BCUT2D eigenvalue weighted by molar-refractivity contribution is -0.147. The molecule has 7 N–H and O–H groups in total. The van der Waals surface area contributed by atoms with Gasteiger partial charge in [-0.05, 0) is 60.8 Å². The van der Waals surface area contributed by atoms with Crippen molar-refractivity contribution in [1.82, 2.24) is 41.7 Å². The van der Waals surface area contributed by atoms with E-state index in [1.807, 2.05) is 0 Å². The number of carbonyl (C=O) groups excluding carboxylic acids is 8. The van der Waals surface area contributed by atoms with Gasteiger partial charge in [0.2, 0.25) is 47.3 Å². The van der Waals surface area contributed by atoms with E-state index in [9.17, 15) is 43.2 Å². The maximum Gasteiger partial charge on any atom is 0.325 e. The fourth-order valence-corrected chi connectivity index (χ4v) is 7.35. The molecule has 0 spiro atoms. The van der Waals surface area contributed by atoms with Gasteiger partial charge < -0.3 is 46.8 Å². The van der Waals surface area contributed by atoms with Crippen LogP contribution in [0.1, 0.15) is 67.7 Å². The smallest absolute Gasteiger partial charge is 0.325 e. The fourth-order valence-electron chi connectivity index (χ4n) is 5.95. The summed E-state index contributed by atoms with van der Waals surface area (Å²) in [6, 6.07) is -8.31. The van der Waals surface area contributed by atoms with Crippen LogP contribution in [0.25, 0.3) is 0 Å². The number of carboxylic acids is 1. The highest BCUT2D eigenvalue weighted by Crippen LogP contribution is 2.38. The van der Waals surface area contributed by atoms with Crippen molar-refractivity contribution in [2.75, 3.05) is 12.3 Å². The summed E-state index contributed by atoms with van der Waals surface area (Å²) in [6.45, 7) is 10.1. The third kappa shape index (κ3) is 9.85. The van der Waals surface area contributed by atoms with Crippen LogP contribution in [0.3, 0.4) is 0 Å². The summed E-state index contributed by atoms with van der Waals surface area (Å²) >= 11 is 1.70. The van der Waals surface area contributed by atoms with E-state index in [0.717, 1.165) is 0 Å². The topological polar surface area (TPSA) is 253 Å². The molecule has 0 saturated carbocycles. The molecule has 0 aromatic rings. The molecule has 278 valence electrons. The lowest BCUT2D eigenvalue weighted by atomic mass is 10.1. The fraction of sp³-hybridized carbons (Fsp3) is 0.710. The van der Waals surface area contributed by atoms with Gasteiger partial charge in [0.25, 0.3) is 0 Å². The summed E-state index contributed by atoms with van der Waals surface area (Å²) in [5, 5.41) is 23.6. The number of fused-ring (bicyclic) bond motifs is 3. The monoisotopic (exact) mass is 724 g/mol. The quantitative estimate of drug-likeness (QED) is 0.102. The third-order valence-electron chi connectivity index (χ3n) is 9.03. The molecule has 3 aliphatic rings. The number of nitrogens with zero attached hydrogens (tertiary/aromatic N) is 2. The van der Waals surface area contributed by atoms with Gasteiger partial charge in [-0.3, -0.25) is 43.2 Å². The van der Waals surface area contributed by atoms with Gasteiger partial charge in [0.1, 0.15) is 48.3 Å². The Bertz CT molecular complexity index is 1400. The summed E-state index contributed by atoms with van der Waals surface area (Å²) in [7, 11) is 0. The number of aliphatic carboxylic acids is 1. The summed E-state index contributed by atoms with van der Waals surface area (Å²) < 4.78 is 0. The highest BCUT2D eigenvalue weighted by atomic mass is 32.2. The molecule has 3 heterocycles. The molecule has 18 nitrogen and oxygen atoms in total. The maximum atomic E-state index is 13.6. The Morgan fingerprint density at radius 2 is 1.10 bits per heavy atom. The summed E-state index contributed by atoms with van der Waals surface area (Å²) in [4.78, 5) is 116. The molecule has 3 aliphatic heterocycles. The van der Waals surface area contributed by atoms with Crippen molar-refractivity contribution >= 4 is 65.0 Å². The molecule has 3 rings (SSSR count). The average Bonchev–Trinajstić information content (AvgIpc) is 3.67. The van der Waals surface area contributed by atoms with Crippen LogP contribution in [-0.4, -0.2) is 140 Å². The van der Waals surface area contributed by atoms with E-state index >= 15 is 0 Å². The number of carbonyl (C=O) groups is 9. The zero-order valence-electron chi connectivity index (χ0n) is 29.2. The standard InChI is InChI=1S/C31H48N8O10S/c1-13(24(41)33-14(2)26(43)35-16(4)28(45)37-18(6)31(48)49)32-25(42)15(3)34-27(44)17(5)36-29(46)22-9-8-20-12-50-21-10-23(30(47)39(20)22)38(11-21)19(7)40/h13-18,20-23H,8-12H2,1-7H3,(H,32,42)(H,33,41)(H,34,44)(H,35,43)(H,36,46)(H,37,45)(H,48,49)/t13-,14-,15-,16-,17-,18-,20-,21-,22-,23-/m0/s1. The van der Waals surface area contributed by atoms with Crippen molar-refractivity contribution in [3.05, 3.63) is 0 Å². The van der Waals surface area contributed by atoms with Crippen LogP contribution in [0.4, 0.5) is 0 Å². The van der Waals surface area contributed by atoms with Crippen LogP contribution < -0.4 is 31.9 Å². The molecule has 0 aromatic carbocycles. The van der Waals surface area contributed by atoms with Gasteiger partial charge in [-0.1, -0.05) is 0 Å². The molecule has 0 aromatic heterocycles. The average molecular weight is 725 g/mol. The van der Waals surface area contributed by atoms with E-state index in [-0.39, 0.29) is 23.1 Å². The first-order valence-corrected chi connectivity index (χ1v) is 17.6. The third-order valence-corrected chi connectivity index (χ3v) is 10.4. The number of nitrogens with one attached hydrogen (secondary N) is 6. The minimum absolute atomic E-state index is 0.158.